The SMILES string of the molecule is COc1cc(/C=C2/C(=N)N3N=C(c4ccc(C)cc4)SC3=NC2=O)cc(Cl)c1OCc1ccc(F)cc1. The van der Waals surface area contributed by atoms with Crippen LogP contribution in [0.1, 0.15) is 22.3 Å². The van der Waals surface area contributed by atoms with Crippen LogP contribution >= 0.6 is 23.4 Å². The molecule has 2 aliphatic rings. The summed E-state index contributed by atoms with van der Waals surface area (Å²) in [5.74, 6) is -0.311. The molecule has 1 amide bonds. The van der Waals surface area contributed by atoms with Crippen LogP contribution in [0, 0.1) is 18.2 Å². The van der Waals surface area contributed by atoms with Gasteiger partial charge in [0.1, 0.15) is 17.5 Å². The third-order valence-corrected chi connectivity index (χ3v) is 6.85. The van der Waals surface area contributed by atoms with Crippen LogP contribution in [0.2, 0.25) is 5.02 Å². The Morgan fingerprint density at radius 2 is 1.86 bits per heavy atom. The Hall–Kier alpha value is -3.95. The van der Waals surface area contributed by atoms with Crippen LogP contribution in [-0.4, -0.2) is 34.1 Å². The van der Waals surface area contributed by atoms with Gasteiger partial charge in [-0.1, -0.05) is 53.6 Å². The predicted molar refractivity (Wildman–Crippen MR) is 144 cm³/mol. The summed E-state index contributed by atoms with van der Waals surface area (Å²) < 4.78 is 24.4. The van der Waals surface area contributed by atoms with Crippen molar-refractivity contribution in [2.75, 3.05) is 7.11 Å². The highest BCUT2D eigenvalue weighted by atomic mass is 35.5. The Bertz CT molecular complexity index is 1500. The monoisotopic (exact) mass is 534 g/mol. The number of hydrazone groups is 1. The summed E-state index contributed by atoms with van der Waals surface area (Å²) in [7, 11) is 1.47. The second-order valence-corrected chi connectivity index (χ2v) is 9.60. The van der Waals surface area contributed by atoms with Crippen molar-refractivity contribution in [3.05, 3.63) is 99.3 Å². The van der Waals surface area contributed by atoms with Crippen molar-refractivity contribution in [2.24, 2.45) is 10.1 Å². The number of nitrogens with zero attached hydrogens (tertiary/aromatic N) is 3. The van der Waals surface area contributed by atoms with Crippen molar-refractivity contribution >= 4 is 51.4 Å². The summed E-state index contributed by atoms with van der Waals surface area (Å²) in [4.78, 5) is 17.0. The molecule has 2 heterocycles. The number of thioether (sulfide) groups is 1. The van der Waals surface area contributed by atoms with Crippen LogP contribution in [0.3, 0.4) is 0 Å². The van der Waals surface area contributed by atoms with E-state index in [0.29, 0.717) is 27.3 Å². The van der Waals surface area contributed by atoms with E-state index in [2.05, 4.69) is 10.1 Å². The molecule has 3 aromatic rings. The van der Waals surface area contributed by atoms with Crippen molar-refractivity contribution in [2.45, 2.75) is 13.5 Å². The van der Waals surface area contributed by atoms with Gasteiger partial charge < -0.3 is 9.47 Å². The molecule has 186 valence electrons. The normalized spacial score (nSPS) is 16.0. The number of hydrogen-bond donors (Lipinski definition) is 1. The van der Waals surface area contributed by atoms with Gasteiger partial charge in [0.25, 0.3) is 5.91 Å². The molecule has 0 saturated carbocycles. The topological polar surface area (TPSA) is 87.3 Å². The first-order valence-electron chi connectivity index (χ1n) is 11.1. The van der Waals surface area contributed by atoms with Gasteiger partial charge in [0.05, 0.1) is 17.7 Å². The smallest absolute Gasteiger partial charge is 0.283 e. The van der Waals surface area contributed by atoms with E-state index in [9.17, 15) is 9.18 Å². The number of rotatable bonds is 6. The number of ether oxygens (including phenoxy) is 2. The van der Waals surface area contributed by atoms with Crippen molar-refractivity contribution in [3.63, 3.8) is 0 Å². The minimum atomic E-state index is -0.546. The molecule has 2 aliphatic heterocycles. The number of methoxy groups -OCH3 is 1. The van der Waals surface area contributed by atoms with E-state index in [-0.39, 0.29) is 28.9 Å². The van der Waals surface area contributed by atoms with Crippen LogP contribution in [-0.2, 0) is 11.4 Å². The molecule has 0 aliphatic carbocycles. The zero-order chi connectivity index (χ0) is 26.1. The van der Waals surface area contributed by atoms with Crippen molar-refractivity contribution < 1.29 is 18.7 Å². The predicted octanol–water partition coefficient (Wildman–Crippen LogP) is 6.04. The summed E-state index contributed by atoms with van der Waals surface area (Å²) >= 11 is 7.73. The molecule has 0 fully saturated rings. The van der Waals surface area contributed by atoms with Gasteiger partial charge in [0, 0.05) is 5.56 Å². The fourth-order valence-electron chi connectivity index (χ4n) is 3.67. The van der Waals surface area contributed by atoms with Gasteiger partial charge in [0.2, 0.25) is 5.17 Å². The maximum Gasteiger partial charge on any atom is 0.283 e. The fourth-order valence-corrected chi connectivity index (χ4v) is 4.84. The largest absolute Gasteiger partial charge is 0.493 e. The molecule has 0 bridgehead atoms. The summed E-state index contributed by atoms with van der Waals surface area (Å²) in [6.45, 7) is 2.16. The van der Waals surface area contributed by atoms with Crippen molar-refractivity contribution in [1.82, 2.24) is 5.01 Å². The van der Waals surface area contributed by atoms with Crippen molar-refractivity contribution in [1.29, 1.82) is 5.41 Å². The highest BCUT2D eigenvalue weighted by Crippen LogP contribution is 2.38. The summed E-state index contributed by atoms with van der Waals surface area (Å²) in [6.07, 6.45) is 1.52. The zero-order valence-electron chi connectivity index (χ0n) is 19.8. The highest BCUT2D eigenvalue weighted by molar-refractivity contribution is 8.27. The van der Waals surface area contributed by atoms with E-state index in [1.807, 2.05) is 31.2 Å². The summed E-state index contributed by atoms with van der Waals surface area (Å²) in [5.41, 5.74) is 3.35. The summed E-state index contributed by atoms with van der Waals surface area (Å²) in [6, 6.07) is 17.0. The number of aryl methyl sites for hydroxylation is 1. The second-order valence-electron chi connectivity index (χ2n) is 8.24. The first-order valence-corrected chi connectivity index (χ1v) is 12.3. The maximum absolute atomic E-state index is 13.2. The molecule has 10 heteroatoms. The molecule has 0 unspecified atom stereocenters. The number of fused-ring (bicyclic) bond motifs is 1. The lowest BCUT2D eigenvalue weighted by Gasteiger charge is -2.20. The number of carbonyl (C=O) groups is 1. The lowest BCUT2D eigenvalue weighted by molar-refractivity contribution is -0.114. The van der Waals surface area contributed by atoms with Gasteiger partial charge in [-0.25, -0.2) is 4.39 Å². The number of nitrogens with one attached hydrogen (secondary N) is 1. The zero-order valence-corrected chi connectivity index (χ0v) is 21.4. The quantitative estimate of drug-likeness (QED) is 0.389. The van der Waals surface area contributed by atoms with E-state index in [1.165, 1.54) is 42.1 Å². The molecule has 5 rings (SSSR count). The van der Waals surface area contributed by atoms with Gasteiger partial charge in [-0.2, -0.15) is 15.1 Å². The Morgan fingerprint density at radius 3 is 2.57 bits per heavy atom. The average Bonchev–Trinajstić information content (AvgIpc) is 3.31. The van der Waals surface area contributed by atoms with Crippen LogP contribution in [0.5, 0.6) is 11.5 Å². The molecular formula is C27H20ClFN4O3S. The number of hydrogen-bond acceptors (Lipinski definition) is 6. The first-order chi connectivity index (χ1) is 17.8. The number of halogens is 2. The van der Waals surface area contributed by atoms with Crippen LogP contribution in [0.15, 0.2) is 76.3 Å². The molecule has 3 aromatic carbocycles. The van der Waals surface area contributed by atoms with Gasteiger partial charge in [-0.15, -0.1) is 0 Å². The molecule has 0 saturated heterocycles. The van der Waals surface area contributed by atoms with Gasteiger partial charge in [-0.05, 0) is 60.2 Å². The maximum atomic E-state index is 13.2. The summed E-state index contributed by atoms with van der Waals surface area (Å²) in [5, 5.41) is 15.7. The Balaban J connectivity index is 1.40. The molecule has 7 nitrogen and oxygen atoms in total. The molecule has 0 spiro atoms. The molecule has 0 aromatic heterocycles. The third kappa shape index (κ3) is 5.14. The van der Waals surface area contributed by atoms with Crippen LogP contribution in [0.4, 0.5) is 4.39 Å². The molecular weight excluding hydrogens is 515 g/mol. The fraction of sp³-hybridized carbons (Fsp3) is 0.111. The standard InChI is InChI=1S/C27H20ClFN4O3S/c1-15-3-7-18(8-4-15)26-32-33-24(30)20(25(34)31-27(33)37-26)11-17-12-21(28)23(22(13-17)35-2)36-14-16-5-9-19(29)10-6-16/h3-13,30H,14H2,1-2H3/b20-11-,30-24?. The number of carbonyl (C=O) groups excluding carboxylic acids is 1. The van der Waals surface area contributed by atoms with Crippen LogP contribution < -0.4 is 9.47 Å². The molecule has 37 heavy (non-hydrogen) atoms. The number of amidine groups is 2. The Morgan fingerprint density at radius 1 is 1.14 bits per heavy atom. The van der Waals surface area contributed by atoms with E-state index in [1.54, 1.807) is 24.3 Å². The van der Waals surface area contributed by atoms with Crippen LogP contribution in [0.25, 0.3) is 6.08 Å². The minimum absolute atomic E-state index is 0.0661. The minimum Gasteiger partial charge on any atom is -0.493 e. The molecule has 1 N–H and O–H groups in total. The van der Waals surface area contributed by atoms with E-state index < -0.39 is 5.91 Å². The average molecular weight is 535 g/mol. The Kier molecular flexibility index (Phi) is 6.82. The third-order valence-electron chi connectivity index (χ3n) is 5.61. The Labute approximate surface area is 221 Å². The first kappa shape index (κ1) is 24.7. The second kappa shape index (κ2) is 10.2. The van der Waals surface area contributed by atoms with Gasteiger partial charge >= 0.3 is 0 Å². The lowest BCUT2D eigenvalue weighted by atomic mass is 10.1. The number of amides is 1. The number of aliphatic imine (C=N–C) groups is 1. The van der Waals surface area contributed by atoms with Gasteiger partial charge in [-0.3, -0.25) is 10.2 Å². The highest BCUT2D eigenvalue weighted by Gasteiger charge is 2.36. The van der Waals surface area contributed by atoms with Crippen molar-refractivity contribution in [3.8, 4) is 11.5 Å². The van der Waals surface area contributed by atoms with E-state index in [0.717, 1.165) is 16.7 Å². The van der Waals surface area contributed by atoms with E-state index >= 15 is 0 Å². The van der Waals surface area contributed by atoms with E-state index in [4.69, 9.17) is 26.5 Å². The molecule has 0 radical (unpaired) electrons. The lowest BCUT2D eigenvalue weighted by Crippen LogP contribution is -2.35. The molecule has 0 atom stereocenters. The van der Waals surface area contributed by atoms with Gasteiger partial charge in [0.15, 0.2) is 17.3 Å². The number of benzene rings is 3.